The Hall–Kier alpha value is -4.14. The number of carbonyl (C=O) groups excluding carboxylic acids is 3. The van der Waals surface area contributed by atoms with Crippen molar-refractivity contribution in [2.75, 3.05) is 13.2 Å². The monoisotopic (exact) mass is 487 g/mol. The van der Waals surface area contributed by atoms with Gasteiger partial charge in [0, 0.05) is 30.4 Å². The molecule has 0 aliphatic carbocycles. The number of amides is 4. The van der Waals surface area contributed by atoms with Gasteiger partial charge in [-0.15, -0.1) is 0 Å². The molecule has 0 bridgehead atoms. The molecule has 0 saturated carbocycles. The highest BCUT2D eigenvalue weighted by Crippen LogP contribution is 2.33. The molecule has 0 unspecified atom stereocenters. The lowest BCUT2D eigenvalue weighted by Crippen LogP contribution is -2.52. The van der Waals surface area contributed by atoms with Crippen molar-refractivity contribution in [2.45, 2.75) is 39.4 Å². The van der Waals surface area contributed by atoms with Gasteiger partial charge in [0.1, 0.15) is 5.75 Å². The van der Waals surface area contributed by atoms with Crippen LogP contribution in [-0.2, 0) is 23.4 Å². The van der Waals surface area contributed by atoms with E-state index in [-0.39, 0.29) is 12.5 Å². The molecular formula is C27H29N5O4. The van der Waals surface area contributed by atoms with Crippen LogP contribution in [0.1, 0.15) is 42.3 Å². The number of nitrogens with zero attached hydrogens (tertiary/aromatic N) is 3. The molecule has 1 saturated heterocycles. The van der Waals surface area contributed by atoms with E-state index in [0.29, 0.717) is 35.9 Å². The Morgan fingerprint density at radius 1 is 1.08 bits per heavy atom. The smallest absolute Gasteiger partial charge is 0.322 e. The third-order valence-electron chi connectivity index (χ3n) is 6.54. The Morgan fingerprint density at radius 2 is 1.86 bits per heavy atom. The molecule has 0 spiro atoms. The highest BCUT2D eigenvalue weighted by Gasteiger charge is 2.50. The van der Waals surface area contributed by atoms with Gasteiger partial charge in [0.2, 0.25) is 0 Å². The van der Waals surface area contributed by atoms with Crippen LogP contribution in [-0.4, -0.2) is 45.7 Å². The molecular weight excluding hydrogens is 458 g/mol. The highest BCUT2D eigenvalue weighted by atomic mass is 16.5. The van der Waals surface area contributed by atoms with Crippen LogP contribution in [0.5, 0.6) is 5.75 Å². The fourth-order valence-electron chi connectivity index (χ4n) is 4.84. The molecule has 3 aromatic rings. The van der Waals surface area contributed by atoms with Gasteiger partial charge in [-0.3, -0.25) is 19.6 Å². The van der Waals surface area contributed by atoms with Crippen molar-refractivity contribution in [3.05, 3.63) is 71.5 Å². The Kier molecular flexibility index (Phi) is 5.99. The van der Waals surface area contributed by atoms with Crippen LogP contribution >= 0.6 is 0 Å². The third kappa shape index (κ3) is 4.21. The minimum Gasteiger partial charge on any atom is -0.494 e. The lowest BCUT2D eigenvalue weighted by molar-refractivity contribution is -0.124. The van der Waals surface area contributed by atoms with Crippen molar-refractivity contribution < 1.29 is 19.1 Å². The normalized spacial score (nSPS) is 19.0. The maximum Gasteiger partial charge on any atom is 0.322 e. The first-order chi connectivity index (χ1) is 17.3. The van der Waals surface area contributed by atoms with Gasteiger partial charge in [0.05, 0.1) is 19.3 Å². The maximum atomic E-state index is 13.2. The Labute approximate surface area is 209 Å². The first-order valence-electron chi connectivity index (χ1n) is 12.1. The quantitative estimate of drug-likeness (QED) is 0.475. The van der Waals surface area contributed by atoms with E-state index in [0.717, 1.165) is 23.2 Å². The number of hydrogen-bond acceptors (Lipinski definition) is 5. The van der Waals surface area contributed by atoms with Crippen LogP contribution in [0.3, 0.4) is 0 Å². The minimum atomic E-state index is -1.39. The predicted molar refractivity (Wildman–Crippen MR) is 133 cm³/mol. The van der Waals surface area contributed by atoms with Crippen LogP contribution in [0.4, 0.5) is 4.79 Å². The fourth-order valence-corrected chi connectivity index (χ4v) is 4.84. The summed E-state index contributed by atoms with van der Waals surface area (Å²) in [7, 11) is 0. The van der Waals surface area contributed by atoms with Gasteiger partial charge < -0.3 is 15.0 Å². The van der Waals surface area contributed by atoms with Gasteiger partial charge in [-0.1, -0.05) is 44.2 Å². The summed E-state index contributed by atoms with van der Waals surface area (Å²) in [5.41, 5.74) is 2.53. The molecule has 2 aromatic carbocycles. The average Bonchev–Trinajstić information content (AvgIpc) is 3.51. The van der Waals surface area contributed by atoms with Crippen molar-refractivity contribution in [1.82, 2.24) is 25.3 Å². The Balaban J connectivity index is 1.42. The number of fused-ring (bicyclic) bond motifs is 1. The molecule has 9 heteroatoms. The van der Waals surface area contributed by atoms with Gasteiger partial charge in [0.25, 0.3) is 11.8 Å². The largest absolute Gasteiger partial charge is 0.494 e. The van der Waals surface area contributed by atoms with Crippen LogP contribution in [0.25, 0.3) is 11.1 Å². The van der Waals surface area contributed by atoms with Gasteiger partial charge in [-0.05, 0) is 41.7 Å². The van der Waals surface area contributed by atoms with E-state index < -0.39 is 17.5 Å². The van der Waals surface area contributed by atoms with Crippen LogP contribution < -0.4 is 15.4 Å². The Morgan fingerprint density at radius 3 is 2.53 bits per heavy atom. The van der Waals surface area contributed by atoms with E-state index >= 15 is 0 Å². The van der Waals surface area contributed by atoms with E-state index in [2.05, 4.69) is 29.6 Å². The summed E-state index contributed by atoms with van der Waals surface area (Å²) < 4.78 is 7.45. The predicted octanol–water partition coefficient (Wildman–Crippen LogP) is 3.30. The van der Waals surface area contributed by atoms with Gasteiger partial charge >= 0.3 is 6.03 Å². The van der Waals surface area contributed by atoms with E-state index in [9.17, 15) is 14.4 Å². The number of aromatic nitrogens is 2. The molecule has 2 N–H and O–H groups in total. The minimum absolute atomic E-state index is 0.00766. The molecule has 3 heterocycles. The summed E-state index contributed by atoms with van der Waals surface area (Å²) in [5.74, 6) is 0.424. The lowest BCUT2D eigenvalue weighted by Gasteiger charge is -2.31. The standard InChI is InChI=1S/C27H29N5O4/c1-4-36-22-10-7-19-14-31(24(33)23(19)11-22)16-27(25(34)29-26(35)30-27)21-8-5-18(6-9-21)20-12-28-32(15-20)13-17(2)3/h5-12,15,17H,4,13-14,16H2,1-3H3,(H2,29,30,34,35)/t27-/m0/s1. The summed E-state index contributed by atoms with van der Waals surface area (Å²) in [6.07, 6.45) is 3.80. The number of rotatable bonds is 8. The number of imide groups is 1. The average molecular weight is 488 g/mol. The van der Waals surface area contributed by atoms with Crippen LogP contribution in [0, 0.1) is 5.92 Å². The first-order valence-corrected chi connectivity index (χ1v) is 12.1. The zero-order chi connectivity index (χ0) is 25.4. The number of ether oxygens (including phenoxy) is 1. The van der Waals surface area contributed by atoms with Gasteiger partial charge in [0.15, 0.2) is 5.54 Å². The van der Waals surface area contributed by atoms with Crippen molar-refractivity contribution in [2.24, 2.45) is 5.92 Å². The number of hydrogen-bond donors (Lipinski definition) is 2. The third-order valence-corrected chi connectivity index (χ3v) is 6.54. The molecule has 1 fully saturated rings. The fraction of sp³-hybridized carbons (Fsp3) is 0.333. The molecule has 1 atom stereocenters. The summed E-state index contributed by atoms with van der Waals surface area (Å²) in [5, 5.41) is 9.56. The van der Waals surface area contributed by atoms with E-state index in [1.165, 1.54) is 0 Å². The molecule has 186 valence electrons. The molecule has 36 heavy (non-hydrogen) atoms. The van der Waals surface area contributed by atoms with Crippen molar-refractivity contribution in [1.29, 1.82) is 0 Å². The van der Waals surface area contributed by atoms with Crippen LogP contribution in [0.2, 0.25) is 0 Å². The lowest BCUT2D eigenvalue weighted by atomic mass is 9.88. The van der Waals surface area contributed by atoms with E-state index in [1.54, 1.807) is 11.0 Å². The second-order valence-electron chi connectivity index (χ2n) is 9.65. The highest BCUT2D eigenvalue weighted by molar-refractivity contribution is 6.08. The number of nitrogens with one attached hydrogen (secondary N) is 2. The number of carbonyl (C=O) groups is 3. The summed E-state index contributed by atoms with van der Waals surface area (Å²) in [6.45, 7) is 7.84. The second kappa shape index (κ2) is 9.14. The second-order valence-corrected chi connectivity index (χ2v) is 9.65. The Bertz CT molecular complexity index is 1330. The number of benzene rings is 2. The van der Waals surface area contributed by atoms with Crippen molar-refractivity contribution in [3.8, 4) is 16.9 Å². The van der Waals surface area contributed by atoms with Crippen molar-refractivity contribution in [3.63, 3.8) is 0 Å². The van der Waals surface area contributed by atoms with E-state index in [4.69, 9.17) is 4.74 Å². The summed E-state index contributed by atoms with van der Waals surface area (Å²) in [6, 6.07) is 12.3. The maximum absolute atomic E-state index is 13.2. The molecule has 4 amide bonds. The number of urea groups is 1. The molecule has 0 radical (unpaired) electrons. The molecule has 2 aliphatic heterocycles. The van der Waals surface area contributed by atoms with Crippen molar-refractivity contribution >= 4 is 17.8 Å². The van der Waals surface area contributed by atoms with E-state index in [1.807, 2.05) is 60.4 Å². The zero-order valence-corrected chi connectivity index (χ0v) is 20.6. The SMILES string of the molecule is CCOc1ccc2c(c1)C(=O)N(C[C@@]1(c3ccc(-c4cnn(CC(C)C)c4)cc3)NC(=O)NC1=O)C2. The molecule has 2 aliphatic rings. The van der Waals surface area contributed by atoms with Gasteiger partial charge in [-0.25, -0.2) is 4.79 Å². The molecule has 1 aromatic heterocycles. The van der Waals surface area contributed by atoms with Crippen LogP contribution in [0.15, 0.2) is 54.9 Å². The molecule has 5 rings (SSSR count). The zero-order valence-electron chi connectivity index (χ0n) is 20.6. The first kappa shape index (κ1) is 23.6. The summed E-state index contributed by atoms with van der Waals surface area (Å²) in [4.78, 5) is 40.2. The van der Waals surface area contributed by atoms with Gasteiger partial charge in [-0.2, -0.15) is 5.10 Å². The molecule has 9 nitrogen and oxygen atoms in total. The topological polar surface area (TPSA) is 106 Å². The summed E-state index contributed by atoms with van der Waals surface area (Å²) >= 11 is 0.